The van der Waals surface area contributed by atoms with E-state index >= 15 is 0 Å². The largest absolute Gasteiger partial charge is 0.293 e. The lowest BCUT2D eigenvalue weighted by molar-refractivity contribution is 0.0984. The molecule has 0 bridgehead atoms. The minimum Gasteiger partial charge on any atom is -0.293 e. The van der Waals surface area contributed by atoms with Crippen molar-refractivity contribution in [1.29, 1.82) is 0 Å². The highest BCUT2D eigenvalue weighted by atomic mass is 32.1. The van der Waals surface area contributed by atoms with Gasteiger partial charge in [-0.3, -0.25) is 4.79 Å². The smallest absolute Gasteiger partial charge is 0.172 e. The van der Waals surface area contributed by atoms with Gasteiger partial charge in [0.1, 0.15) is 5.82 Å². The number of rotatable bonds is 4. The van der Waals surface area contributed by atoms with E-state index in [-0.39, 0.29) is 11.6 Å². The Hall–Kier alpha value is -1.22. The van der Waals surface area contributed by atoms with Gasteiger partial charge >= 0.3 is 0 Å². The van der Waals surface area contributed by atoms with Crippen LogP contribution in [0.2, 0.25) is 0 Å². The molecule has 0 saturated heterocycles. The number of Topliss-reactive ketones (excluding diaryl/α,β-unsaturated/α-hetero) is 1. The Morgan fingerprint density at radius 1 is 1.38 bits per heavy atom. The van der Waals surface area contributed by atoms with E-state index in [0.717, 1.165) is 27.8 Å². The summed E-state index contributed by atoms with van der Waals surface area (Å²) in [6.45, 7) is 2.06. The fourth-order valence-corrected chi connectivity index (χ4v) is 2.62. The summed E-state index contributed by atoms with van der Waals surface area (Å²) in [4.78, 5) is 12.5. The summed E-state index contributed by atoms with van der Waals surface area (Å²) in [5.74, 6) is -0.0821. The standard InChI is InChI=1S/C13H13FOS/c1-2-3-4-11(15)13-8-9-7-10(14)5-6-12(9)16-13/h5-8H,2-4H2,1H3. The van der Waals surface area contributed by atoms with E-state index in [4.69, 9.17) is 0 Å². The second kappa shape index (κ2) is 4.74. The zero-order valence-corrected chi connectivity index (χ0v) is 9.94. The third-order valence-electron chi connectivity index (χ3n) is 2.51. The lowest BCUT2D eigenvalue weighted by Gasteiger charge is -1.93. The van der Waals surface area contributed by atoms with Gasteiger partial charge in [-0.2, -0.15) is 0 Å². The van der Waals surface area contributed by atoms with E-state index in [1.54, 1.807) is 12.1 Å². The Kier molecular flexibility index (Phi) is 3.34. The number of halogens is 1. The van der Waals surface area contributed by atoms with Gasteiger partial charge in [-0.05, 0) is 36.1 Å². The van der Waals surface area contributed by atoms with E-state index in [0.29, 0.717) is 6.42 Å². The quantitative estimate of drug-likeness (QED) is 0.718. The van der Waals surface area contributed by atoms with Crippen LogP contribution in [0.5, 0.6) is 0 Å². The molecule has 0 fully saturated rings. The van der Waals surface area contributed by atoms with Gasteiger partial charge in [0.2, 0.25) is 0 Å². The normalized spacial score (nSPS) is 10.9. The number of carbonyl (C=O) groups excluding carboxylic acids is 1. The van der Waals surface area contributed by atoms with Crippen molar-refractivity contribution < 1.29 is 9.18 Å². The molecule has 16 heavy (non-hydrogen) atoms. The highest BCUT2D eigenvalue weighted by Crippen LogP contribution is 2.27. The van der Waals surface area contributed by atoms with Gasteiger partial charge in [-0.25, -0.2) is 4.39 Å². The number of carbonyl (C=O) groups is 1. The molecule has 0 amide bonds. The molecule has 1 aromatic heterocycles. The molecule has 84 valence electrons. The van der Waals surface area contributed by atoms with Crippen molar-refractivity contribution in [1.82, 2.24) is 0 Å². The average Bonchev–Trinajstić information content (AvgIpc) is 2.68. The molecule has 0 spiro atoms. The molecule has 0 saturated carbocycles. The number of fused-ring (bicyclic) bond motifs is 1. The molecule has 2 rings (SSSR count). The molecule has 0 aliphatic rings. The summed E-state index contributed by atoms with van der Waals surface area (Å²) >= 11 is 1.45. The summed E-state index contributed by atoms with van der Waals surface area (Å²) in [5.41, 5.74) is 0. The lowest BCUT2D eigenvalue weighted by atomic mass is 10.1. The van der Waals surface area contributed by atoms with Crippen LogP contribution in [0.25, 0.3) is 10.1 Å². The zero-order chi connectivity index (χ0) is 11.5. The first-order valence-corrected chi connectivity index (χ1v) is 6.24. The van der Waals surface area contributed by atoms with Gasteiger partial charge < -0.3 is 0 Å². The second-order valence-electron chi connectivity index (χ2n) is 3.82. The van der Waals surface area contributed by atoms with E-state index in [1.165, 1.54) is 23.5 Å². The minimum absolute atomic E-state index is 0.170. The van der Waals surface area contributed by atoms with Gasteiger partial charge in [0, 0.05) is 11.1 Å². The van der Waals surface area contributed by atoms with Crippen molar-refractivity contribution in [3.05, 3.63) is 35.0 Å². The Bertz CT molecular complexity index is 516. The predicted molar refractivity (Wildman–Crippen MR) is 65.6 cm³/mol. The first-order valence-electron chi connectivity index (χ1n) is 5.43. The van der Waals surface area contributed by atoms with Crippen LogP contribution in [0.4, 0.5) is 4.39 Å². The van der Waals surface area contributed by atoms with Crippen molar-refractivity contribution in [2.75, 3.05) is 0 Å². The fraction of sp³-hybridized carbons (Fsp3) is 0.308. The van der Waals surface area contributed by atoms with Crippen molar-refractivity contribution >= 4 is 27.2 Å². The molecule has 0 radical (unpaired) electrons. The Labute approximate surface area is 97.9 Å². The van der Waals surface area contributed by atoms with Crippen LogP contribution in [0, 0.1) is 5.82 Å². The lowest BCUT2D eigenvalue weighted by Crippen LogP contribution is -1.94. The Balaban J connectivity index is 2.28. The summed E-state index contributed by atoms with van der Waals surface area (Å²) in [6.07, 6.45) is 2.53. The SMILES string of the molecule is CCCCC(=O)c1cc2cc(F)ccc2s1. The fourth-order valence-electron chi connectivity index (χ4n) is 1.61. The Morgan fingerprint density at radius 2 is 2.19 bits per heavy atom. The highest BCUT2D eigenvalue weighted by molar-refractivity contribution is 7.20. The molecular weight excluding hydrogens is 223 g/mol. The summed E-state index contributed by atoms with van der Waals surface area (Å²) in [5, 5.41) is 0.824. The van der Waals surface area contributed by atoms with Crippen LogP contribution in [0.1, 0.15) is 35.9 Å². The molecule has 2 aromatic rings. The zero-order valence-electron chi connectivity index (χ0n) is 9.13. The molecule has 3 heteroatoms. The molecule has 1 aromatic carbocycles. The van der Waals surface area contributed by atoms with Crippen LogP contribution in [0.15, 0.2) is 24.3 Å². The third-order valence-corrected chi connectivity index (χ3v) is 3.67. The van der Waals surface area contributed by atoms with Gasteiger partial charge in [-0.1, -0.05) is 13.3 Å². The maximum Gasteiger partial charge on any atom is 0.172 e. The van der Waals surface area contributed by atoms with Gasteiger partial charge in [-0.15, -0.1) is 11.3 Å². The van der Waals surface area contributed by atoms with Crippen LogP contribution >= 0.6 is 11.3 Å². The van der Waals surface area contributed by atoms with Gasteiger partial charge in [0.15, 0.2) is 5.78 Å². The summed E-state index contributed by atoms with van der Waals surface area (Å²) in [7, 11) is 0. The molecule has 1 nitrogen and oxygen atoms in total. The van der Waals surface area contributed by atoms with Crippen molar-refractivity contribution in [3.63, 3.8) is 0 Å². The minimum atomic E-state index is -0.252. The number of unbranched alkanes of at least 4 members (excludes halogenated alkanes) is 1. The highest BCUT2D eigenvalue weighted by Gasteiger charge is 2.09. The number of benzene rings is 1. The average molecular weight is 236 g/mol. The maximum atomic E-state index is 13.0. The maximum absolute atomic E-state index is 13.0. The van der Waals surface area contributed by atoms with Crippen LogP contribution in [0.3, 0.4) is 0 Å². The topological polar surface area (TPSA) is 17.1 Å². The predicted octanol–water partition coefficient (Wildman–Crippen LogP) is 4.41. The number of hydrogen-bond donors (Lipinski definition) is 0. The Morgan fingerprint density at radius 3 is 2.94 bits per heavy atom. The van der Waals surface area contributed by atoms with E-state index < -0.39 is 0 Å². The molecule has 0 atom stereocenters. The first-order chi connectivity index (χ1) is 7.70. The van der Waals surface area contributed by atoms with E-state index in [9.17, 15) is 9.18 Å². The van der Waals surface area contributed by atoms with Crippen molar-refractivity contribution in [2.45, 2.75) is 26.2 Å². The van der Waals surface area contributed by atoms with Gasteiger partial charge in [0.25, 0.3) is 0 Å². The molecule has 1 heterocycles. The van der Waals surface area contributed by atoms with E-state index in [2.05, 4.69) is 6.92 Å². The molecular formula is C13H13FOS. The number of thiophene rings is 1. The summed E-state index contributed by atoms with van der Waals surface area (Å²) < 4.78 is 13.9. The molecule has 0 aliphatic carbocycles. The monoisotopic (exact) mass is 236 g/mol. The van der Waals surface area contributed by atoms with Crippen molar-refractivity contribution in [2.24, 2.45) is 0 Å². The molecule has 0 aliphatic heterocycles. The van der Waals surface area contributed by atoms with Gasteiger partial charge in [0.05, 0.1) is 4.88 Å². The first kappa shape index (κ1) is 11.3. The molecule has 0 unspecified atom stereocenters. The van der Waals surface area contributed by atoms with Crippen molar-refractivity contribution in [3.8, 4) is 0 Å². The summed E-state index contributed by atoms with van der Waals surface area (Å²) in [6, 6.07) is 6.43. The number of ketones is 1. The third kappa shape index (κ3) is 2.30. The molecule has 0 N–H and O–H groups in total. The van der Waals surface area contributed by atoms with E-state index in [1.807, 2.05) is 0 Å². The number of hydrogen-bond acceptors (Lipinski definition) is 2. The van der Waals surface area contributed by atoms with Crippen LogP contribution < -0.4 is 0 Å². The van der Waals surface area contributed by atoms with Crippen LogP contribution in [-0.2, 0) is 0 Å². The second-order valence-corrected chi connectivity index (χ2v) is 4.90. The van der Waals surface area contributed by atoms with Crippen LogP contribution in [-0.4, -0.2) is 5.78 Å².